The number of unbranched alkanes of at least 4 members (excludes halogenated alkanes) is 4. The molecule has 0 saturated carbocycles. The molecule has 1 aromatic carbocycles. The topological polar surface area (TPSA) is 35.8 Å². The van der Waals surface area contributed by atoms with Gasteiger partial charge in [-0.15, -0.1) is 0 Å². The van der Waals surface area contributed by atoms with E-state index in [1.807, 2.05) is 25.1 Å². The molecular weight excluding hydrogens is 232 g/mol. The Bertz CT molecular complexity index is 420. The minimum atomic E-state index is -0.460. The van der Waals surface area contributed by atoms with Gasteiger partial charge in [-0.3, -0.25) is 0 Å². The van der Waals surface area contributed by atoms with Crippen LogP contribution in [0.3, 0.4) is 0 Å². The highest BCUT2D eigenvalue weighted by atomic mass is 15.0. The standard InChI is InChI=1S/C17H26N2/c1-4-5-6-7-10-13-17(3,14-18)19-16-12-9-8-11-15(16)2/h8-9,11-12,19H,4-7,10,13H2,1-3H3. The van der Waals surface area contributed by atoms with Gasteiger partial charge in [-0.2, -0.15) is 5.26 Å². The van der Waals surface area contributed by atoms with Crippen LogP contribution < -0.4 is 5.32 Å². The van der Waals surface area contributed by atoms with Crippen molar-refractivity contribution in [2.75, 3.05) is 5.32 Å². The van der Waals surface area contributed by atoms with Gasteiger partial charge in [-0.1, -0.05) is 57.2 Å². The van der Waals surface area contributed by atoms with Gasteiger partial charge >= 0.3 is 0 Å². The first-order valence-electron chi connectivity index (χ1n) is 7.36. The van der Waals surface area contributed by atoms with Crippen molar-refractivity contribution in [1.82, 2.24) is 0 Å². The molecule has 0 amide bonds. The number of nitriles is 1. The summed E-state index contributed by atoms with van der Waals surface area (Å²) >= 11 is 0. The Balaban J connectivity index is 2.51. The van der Waals surface area contributed by atoms with E-state index in [-0.39, 0.29) is 0 Å². The molecular formula is C17H26N2. The molecule has 1 aromatic rings. The summed E-state index contributed by atoms with van der Waals surface area (Å²) < 4.78 is 0. The van der Waals surface area contributed by atoms with Crippen LogP contribution in [0.1, 0.15) is 57.9 Å². The third-order valence-corrected chi connectivity index (χ3v) is 3.58. The summed E-state index contributed by atoms with van der Waals surface area (Å²) in [5, 5.41) is 12.8. The maximum atomic E-state index is 9.43. The maximum Gasteiger partial charge on any atom is 0.122 e. The predicted octanol–water partition coefficient (Wildman–Crippen LogP) is 5.05. The zero-order chi connectivity index (χ0) is 14.1. The average molecular weight is 258 g/mol. The second-order valence-corrected chi connectivity index (χ2v) is 5.55. The molecule has 1 rings (SSSR count). The highest BCUT2D eigenvalue weighted by Gasteiger charge is 2.23. The Labute approximate surface area is 117 Å². The van der Waals surface area contributed by atoms with Crippen molar-refractivity contribution in [3.8, 4) is 6.07 Å². The Morgan fingerprint density at radius 1 is 1.16 bits per heavy atom. The molecule has 0 aliphatic heterocycles. The van der Waals surface area contributed by atoms with E-state index in [0.29, 0.717) is 0 Å². The Morgan fingerprint density at radius 2 is 1.84 bits per heavy atom. The lowest BCUT2D eigenvalue weighted by Crippen LogP contribution is -2.33. The predicted molar refractivity (Wildman–Crippen MR) is 82.2 cm³/mol. The normalized spacial score (nSPS) is 13.6. The van der Waals surface area contributed by atoms with Crippen molar-refractivity contribution in [2.24, 2.45) is 0 Å². The second kappa shape index (κ2) is 7.84. The first kappa shape index (κ1) is 15.6. The van der Waals surface area contributed by atoms with Crippen LogP contribution in [0.4, 0.5) is 5.69 Å². The number of hydrogen-bond acceptors (Lipinski definition) is 2. The van der Waals surface area contributed by atoms with Crippen molar-refractivity contribution in [2.45, 2.75) is 64.8 Å². The second-order valence-electron chi connectivity index (χ2n) is 5.55. The number of nitrogens with one attached hydrogen (secondary N) is 1. The molecule has 0 radical (unpaired) electrons. The summed E-state index contributed by atoms with van der Waals surface area (Å²) in [6, 6.07) is 10.6. The van der Waals surface area contributed by atoms with Crippen LogP contribution in [0.25, 0.3) is 0 Å². The van der Waals surface area contributed by atoms with Gasteiger partial charge in [0, 0.05) is 5.69 Å². The van der Waals surface area contributed by atoms with Crippen LogP contribution in [0.2, 0.25) is 0 Å². The van der Waals surface area contributed by atoms with Crippen LogP contribution in [0, 0.1) is 18.3 Å². The zero-order valence-corrected chi connectivity index (χ0v) is 12.5. The highest BCUT2D eigenvalue weighted by molar-refractivity contribution is 5.53. The molecule has 0 heterocycles. The minimum absolute atomic E-state index is 0.460. The number of benzene rings is 1. The van der Waals surface area contributed by atoms with Gasteiger partial charge < -0.3 is 5.32 Å². The highest BCUT2D eigenvalue weighted by Crippen LogP contribution is 2.23. The summed E-state index contributed by atoms with van der Waals surface area (Å²) in [4.78, 5) is 0. The van der Waals surface area contributed by atoms with Gasteiger partial charge in [0.2, 0.25) is 0 Å². The van der Waals surface area contributed by atoms with Crippen molar-refractivity contribution in [3.05, 3.63) is 29.8 Å². The monoisotopic (exact) mass is 258 g/mol. The average Bonchev–Trinajstić information content (AvgIpc) is 2.41. The first-order chi connectivity index (χ1) is 9.11. The van der Waals surface area contributed by atoms with Crippen LogP contribution in [0.15, 0.2) is 24.3 Å². The molecule has 1 N–H and O–H groups in total. The van der Waals surface area contributed by atoms with Gasteiger partial charge in [-0.25, -0.2) is 0 Å². The smallest absolute Gasteiger partial charge is 0.122 e. The summed E-state index contributed by atoms with van der Waals surface area (Å²) in [7, 11) is 0. The fraction of sp³-hybridized carbons (Fsp3) is 0.588. The molecule has 0 aliphatic carbocycles. The summed E-state index contributed by atoms with van der Waals surface area (Å²) in [6.45, 7) is 6.29. The van der Waals surface area contributed by atoms with Crippen molar-refractivity contribution in [3.63, 3.8) is 0 Å². The third-order valence-electron chi connectivity index (χ3n) is 3.58. The molecule has 1 unspecified atom stereocenters. The maximum absolute atomic E-state index is 9.43. The molecule has 2 nitrogen and oxygen atoms in total. The van der Waals surface area contributed by atoms with Gasteiger partial charge in [-0.05, 0) is 31.9 Å². The van der Waals surface area contributed by atoms with Gasteiger partial charge in [0.15, 0.2) is 0 Å². The fourth-order valence-electron chi connectivity index (χ4n) is 2.24. The van der Waals surface area contributed by atoms with E-state index in [9.17, 15) is 5.26 Å². The SMILES string of the molecule is CCCCCCCC(C)(C#N)Nc1ccccc1C. The molecule has 0 aromatic heterocycles. The number of rotatable bonds is 8. The van der Waals surface area contributed by atoms with Crippen LogP contribution in [-0.4, -0.2) is 5.54 Å². The number of nitrogens with zero attached hydrogens (tertiary/aromatic N) is 1. The molecule has 2 heteroatoms. The number of aryl methyl sites for hydroxylation is 1. The van der Waals surface area contributed by atoms with E-state index in [1.54, 1.807) is 0 Å². The fourth-order valence-corrected chi connectivity index (χ4v) is 2.24. The Morgan fingerprint density at radius 3 is 2.47 bits per heavy atom. The molecule has 0 aliphatic rings. The molecule has 19 heavy (non-hydrogen) atoms. The van der Waals surface area contributed by atoms with Crippen LogP contribution in [-0.2, 0) is 0 Å². The zero-order valence-electron chi connectivity index (χ0n) is 12.5. The van der Waals surface area contributed by atoms with Crippen molar-refractivity contribution in [1.29, 1.82) is 5.26 Å². The number of hydrogen-bond donors (Lipinski definition) is 1. The lowest BCUT2D eigenvalue weighted by molar-refractivity contribution is 0.521. The van der Waals surface area contributed by atoms with E-state index in [4.69, 9.17) is 0 Å². The van der Waals surface area contributed by atoms with Gasteiger partial charge in [0.05, 0.1) is 6.07 Å². The quantitative estimate of drug-likeness (QED) is 0.662. The van der Waals surface area contributed by atoms with Crippen molar-refractivity contribution < 1.29 is 0 Å². The molecule has 0 saturated heterocycles. The summed E-state index contributed by atoms with van der Waals surface area (Å²) in [6.07, 6.45) is 7.08. The first-order valence-corrected chi connectivity index (χ1v) is 7.36. The lowest BCUT2D eigenvalue weighted by atomic mass is 9.94. The van der Waals surface area contributed by atoms with E-state index >= 15 is 0 Å². The van der Waals surface area contributed by atoms with Crippen LogP contribution in [0.5, 0.6) is 0 Å². The van der Waals surface area contributed by atoms with E-state index < -0.39 is 5.54 Å². The summed E-state index contributed by atoms with van der Waals surface area (Å²) in [5.41, 5.74) is 1.80. The van der Waals surface area contributed by atoms with Crippen LogP contribution >= 0.6 is 0 Å². The third kappa shape index (κ3) is 5.34. The van der Waals surface area contributed by atoms with Gasteiger partial charge in [0.25, 0.3) is 0 Å². The van der Waals surface area contributed by atoms with Crippen molar-refractivity contribution >= 4 is 5.69 Å². The summed E-state index contributed by atoms with van der Waals surface area (Å²) in [5.74, 6) is 0. The molecule has 0 fully saturated rings. The molecule has 1 atom stereocenters. The van der Waals surface area contributed by atoms with E-state index in [2.05, 4.69) is 31.3 Å². The van der Waals surface area contributed by atoms with E-state index in [1.165, 1.54) is 31.2 Å². The Hall–Kier alpha value is -1.49. The number of anilines is 1. The largest absolute Gasteiger partial charge is 0.367 e. The molecule has 104 valence electrons. The molecule has 0 spiro atoms. The van der Waals surface area contributed by atoms with E-state index in [0.717, 1.165) is 18.5 Å². The number of para-hydroxylation sites is 1. The Kier molecular flexibility index (Phi) is 6.42. The van der Waals surface area contributed by atoms with Gasteiger partial charge in [0.1, 0.15) is 5.54 Å². The lowest BCUT2D eigenvalue weighted by Gasteiger charge is -2.25. The molecule has 0 bridgehead atoms. The minimum Gasteiger partial charge on any atom is -0.367 e.